The van der Waals surface area contributed by atoms with Crippen molar-refractivity contribution in [1.29, 1.82) is 0 Å². The summed E-state index contributed by atoms with van der Waals surface area (Å²) >= 11 is 0. The van der Waals surface area contributed by atoms with E-state index >= 15 is 0 Å². The molecule has 1 unspecified atom stereocenters. The van der Waals surface area contributed by atoms with Crippen LogP contribution in [0.2, 0.25) is 0 Å². The summed E-state index contributed by atoms with van der Waals surface area (Å²) in [6.07, 6.45) is 7.47. The van der Waals surface area contributed by atoms with Gasteiger partial charge in [0.15, 0.2) is 0 Å². The minimum atomic E-state index is 0. The molecule has 0 aromatic heterocycles. The monoisotopic (exact) mass is 380 g/mol. The van der Waals surface area contributed by atoms with E-state index in [1.54, 1.807) is 0 Å². The average Bonchev–Trinajstić information content (AvgIpc) is 3.01. The lowest BCUT2D eigenvalue weighted by atomic mass is 10.1. The molecule has 3 heterocycles. The number of nitrogens with zero attached hydrogens (tertiary/aromatic N) is 3. The maximum Gasteiger partial charge on any atom is 0.223 e. The van der Waals surface area contributed by atoms with Crippen LogP contribution in [0.25, 0.3) is 0 Å². The molecule has 0 aromatic carbocycles. The molecule has 24 heavy (non-hydrogen) atoms. The van der Waals surface area contributed by atoms with Crippen LogP contribution < -0.4 is 5.32 Å². The Balaban J connectivity index is 0.00000144. The molecule has 3 saturated heterocycles. The summed E-state index contributed by atoms with van der Waals surface area (Å²) in [4.78, 5) is 19.6. The summed E-state index contributed by atoms with van der Waals surface area (Å²) in [5, 5.41) is 3.31. The topological polar surface area (TPSA) is 38.8 Å². The predicted octanol–water partition coefficient (Wildman–Crippen LogP) is 1.60. The van der Waals surface area contributed by atoms with Crippen LogP contribution >= 0.6 is 24.8 Å². The Kier molecular flexibility index (Phi) is 10.6. The maximum absolute atomic E-state index is 12.3. The zero-order valence-electron chi connectivity index (χ0n) is 14.8. The SMILES string of the molecule is Cl.Cl.O=C(CCN1CCCC1CN1CCCCC1)N1CCNCC1. The van der Waals surface area contributed by atoms with Crippen molar-refractivity contribution in [3.05, 3.63) is 0 Å². The molecule has 0 radical (unpaired) electrons. The minimum absolute atomic E-state index is 0. The molecule has 3 rings (SSSR count). The van der Waals surface area contributed by atoms with Crippen molar-refractivity contribution in [2.75, 3.05) is 58.9 Å². The summed E-state index contributed by atoms with van der Waals surface area (Å²) in [6, 6.07) is 0.689. The van der Waals surface area contributed by atoms with E-state index < -0.39 is 0 Å². The Labute approximate surface area is 159 Å². The molecule has 1 N–H and O–H groups in total. The molecule has 0 aliphatic carbocycles. The standard InChI is InChI=1S/C17H32N4O.2ClH/c22-17(21-13-7-18-8-14-21)6-12-20-11-4-5-16(20)15-19-9-2-1-3-10-19;;/h16,18H,1-15H2;2*1H. The molecular weight excluding hydrogens is 347 g/mol. The van der Waals surface area contributed by atoms with Gasteiger partial charge in [-0.25, -0.2) is 0 Å². The fourth-order valence-electron chi connectivity index (χ4n) is 4.15. The number of amides is 1. The van der Waals surface area contributed by atoms with E-state index in [0.717, 1.165) is 32.7 Å². The van der Waals surface area contributed by atoms with E-state index in [4.69, 9.17) is 0 Å². The third kappa shape index (κ3) is 6.34. The van der Waals surface area contributed by atoms with Crippen LogP contribution in [0.15, 0.2) is 0 Å². The molecule has 1 atom stereocenters. The second kappa shape index (κ2) is 11.5. The highest BCUT2D eigenvalue weighted by Crippen LogP contribution is 2.20. The first kappa shape index (κ1) is 22.0. The Bertz CT molecular complexity index is 360. The van der Waals surface area contributed by atoms with Gasteiger partial charge < -0.3 is 15.1 Å². The van der Waals surface area contributed by atoms with Gasteiger partial charge in [-0.05, 0) is 45.3 Å². The summed E-state index contributed by atoms with van der Waals surface area (Å²) in [6.45, 7) is 9.61. The molecular formula is C17H34Cl2N4O. The fourth-order valence-corrected chi connectivity index (χ4v) is 4.15. The van der Waals surface area contributed by atoms with E-state index in [9.17, 15) is 4.79 Å². The van der Waals surface area contributed by atoms with Gasteiger partial charge in [-0.2, -0.15) is 0 Å². The second-order valence-corrected chi connectivity index (χ2v) is 7.07. The first-order valence-electron chi connectivity index (χ1n) is 9.28. The van der Waals surface area contributed by atoms with Gasteiger partial charge in [0.1, 0.15) is 0 Å². The molecule has 3 fully saturated rings. The van der Waals surface area contributed by atoms with Crippen LogP contribution in [0.1, 0.15) is 38.5 Å². The largest absolute Gasteiger partial charge is 0.340 e. The number of carbonyl (C=O) groups excluding carboxylic acids is 1. The Morgan fingerprint density at radius 1 is 0.917 bits per heavy atom. The first-order chi connectivity index (χ1) is 10.8. The van der Waals surface area contributed by atoms with E-state index in [-0.39, 0.29) is 24.8 Å². The molecule has 7 heteroatoms. The van der Waals surface area contributed by atoms with Crippen molar-refractivity contribution in [2.24, 2.45) is 0 Å². The van der Waals surface area contributed by atoms with Gasteiger partial charge in [-0.15, -0.1) is 24.8 Å². The summed E-state index contributed by atoms with van der Waals surface area (Å²) in [7, 11) is 0. The fraction of sp³-hybridized carbons (Fsp3) is 0.941. The molecule has 0 bridgehead atoms. The Morgan fingerprint density at radius 2 is 1.62 bits per heavy atom. The first-order valence-corrected chi connectivity index (χ1v) is 9.28. The van der Waals surface area contributed by atoms with Crippen LogP contribution in [0.3, 0.4) is 0 Å². The lowest BCUT2D eigenvalue weighted by Gasteiger charge is -2.33. The van der Waals surface area contributed by atoms with E-state index in [0.29, 0.717) is 18.4 Å². The number of carbonyl (C=O) groups is 1. The number of likely N-dealkylation sites (tertiary alicyclic amines) is 2. The van der Waals surface area contributed by atoms with Crippen LogP contribution in [-0.4, -0.2) is 85.6 Å². The van der Waals surface area contributed by atoms with Gasteiger partial charge in [-0.1, -0.05) is 6.42 Å². The predicted molar refractivity (Wildman–Crippen MR) is 103 cm³/mol. The molecule has 3 aliphatic rings. The maximum atomic E-state index is 12.3. The van der Waals surface area contributed by atoms with Crippen LogP contribution in [0, 0.1) is 0 Å². The zero-order chi connectivity index (χ0) is 15.2. The van der Waals surface area contributed by atoms with Crippen LogP contribution in [0.5, 0.6) is 0 Å². The summed E-state index contributed by atoms with van der Waals surface area (Å²) in [5.74, 6) is 0.352. The van der Waals surface area contributed by atoms with E-state index in [2.05, 4.69) is 15.1 Å². The molecule has 0 saturated carbocycles. The van der Waals surface area contributed by atoms with E-state index in [1.165, 1.54) is 58.3 Å². The normalized spacial score (nSPS) is 25.8. The van der Waals surface area contributed by atoms with Crippen molar-refractivity contribution in [3.8, 4) is 0 Å². The highest BCUT2D eigenvalue weighted by atomic mass is 35.5. The average molecular weight is 381 g/mol. The highest BCUT2D eigenvalue weighted by molar-refractivity contribution is 5.85. The number of piperidine rings is 1. The Hall–Kier alpha value is -0.0700. The third-order valence-electron chi connectivity index (χ3n) is 5.50. The molecule has 0 aromatic rings. The number of halogens is 2. The second-order valence-electron chi connectivity index (χ2n) is 7.07. The van der Waals surface area contributed by atoms with Gasteiger partial charge in [0.05, 0.1) is 0 Å². The van der Waals surface area contributed by atoms with Gasteiger partial charge in [0, 0.05) is 51.7 Å². The number of piperazine rings is 1. The number of rotatable bonds is 5. The van der Waals surface area contributed by atoms with Crippen LogP contribution in [-0.2, 0) is 4.79 Å². The zero-order valence-corrected chi connectivity index (χ0v) is 16.4. The lowest BCUT2D eigenvalue weighted by Crippen LogP contribution is -2.48. The van der Waals surface area contributed by atoms with Gasteiger partial charge >= 0.3 is 0 Å². The van der Waals surface area contributed by atoms with Crippen molar-refractivity contribution < 1.29 is 4.79 Å². The molecule has 3 aliphatic heterocycles. The molecule has 0 spiro atoms. The molecule has 1 amide bonds. The summed E-state index contributed by atoms with van der Waals surface area (Å²) in [5.41, 5.74) is 0. The Morgan fingerprint density at radius 3 is 2.33 bits per heavy atom. The number of hydrogen-bond acceptors (Lipinski definition) is 4. The summed E-state index contributed by atoms with van der Waals surface area (Å²) < 4.78 is 0. The van der Waals surface area contributed by atoms with Crippen molar-refractivity contribution in [2.45, 2.75) is 44.6 Å². The van der Waals surface area contributed by atoms with E-state index in [1.807, 2.05) is 4.90 Å². The van der Waals surface area contributed by atoms with Gasteiger partial charge in [0.2, 0.25) is 5.91 Å². The van der Waals surface area contributed by atoms with Crippen molar-refractivity contribution in [3.63, 3.8) is 0 Å². The smallest absolute Gasteiger partial charge is 0.223 e. The highest BCUT2D eigenvalue weighted by Gasteiger charge is 2.27. The third-order valence-corrected chi connectivity index (χ3v) is 5.50. The molecule has 5 nitrogen and oxygen atoms in total. The number of nitrogens with one attached hydrogen (secondary N) is 1. The van der Waals surface area contributed by atoms with Gasteiger partial charge in [-0.3, -0.25) is 9.69 Å². The lowest BCUT2D eigenvalue weighted by molar-refractivity contribution is -0.132. The van der Waals surface area contributed by atoms with Crippen molar-refractivity contribution >= 4 is 30.7 Å². The number of hydrogen-bond donors (Lipinski definition) is 1. The van der Waals surface area contributed by atoms with Gasteiger partial charge in [0.25, 0.3) is 0 Å². The molecule has 142 valence electrons. The van der Waals surface area contributed by atoms with Crippen molar-refractivity contribution in [1.82, 2.24) is 20.0 Å². The minimum Gasteiger partial charge on any atom is -0.340 e. The van der Waals surface area contributed by atoms with Crippen LogP contribution in [0.4, 0.5) is 0 Å². The quantitative estimate of drug-likeness (QED) is 0.785.